The van der Waals surface area contributed by atoms with Gasteiger partial charge in [0.25, 0.3) is 5.91 Å². The number of carbonyl (C=O) groups is 1. The second-order valence-corrected chi connectivity index (χ2v) is 4.77. The molecule has 2 aromatic rings. The third-order valence-electron chi connectivity index (χ3n) is 2.36. The maximum Gasteiger partial charge on any atom is 0.263 e. The molecule has 4 nitrogen and oxygen atoms in total. The average Bonchev–Trinajstić information content (AvgIpc) is 2.85. The Kier molecular flexibility index (Phi) is 3.89. The lowest BCUT2D eigenvalue weighted by atomic mass is 10.2. The number of rotatable bonds is 3. The maximum atomic E-state index is 13.3. The molecule has 1 heterocycles. The minimum atomic E-state index is -1.92. The lowest BCUT2D eigenvalue weighted by molar-refractivity contribution is 0.0954. The van der Waals surface area contributed by atoms with Crippen LogP contribution in [0.2, 0.25) is 0 Å². The van der Waals surface area contributed by atoms with E-state index in [4.69, 9.17) is 5.73 Å². The van der Waals surface area contributed by atoms with Crippen LogP contribution in [0, 0.1) is 23.3 Å². The molecule has 3 N–H and O–H groups in total. The van der Waals surface area contributed by atoms with Crippen molar-refractivity contribution in [3.8, 4) is 0 Å². The summed E-state index contributed by atoms with van der Waals surface area (Å²) in [4.78, 5) is 15.4. The molecule has 0 radical (unpaired) electrons. The minimum Gasteiger partial charge on any atom is -0.375 e. The third-order valence-corrected chi connectivity index (χ3v) is 3.19. The number of thiazole rings is 1. The SMILES string of the molecule is Nc1ncc(C(=O)NCc2cc(F)c(F)c(F)c2F)s1. The van der Waals surface area contributed by atoms with Crippen molar-refractivity contribution in [2.24, 2.45) is 0 Å². The summed E-state index contributed by atoms with van der Waals surface area (Å²) >= 11 is 0.897. The quantitative estimate of drug-likeness (QED) is 0.519. The zero-order chi connectivity index (χ0) is 14.9. The number of hydrogen-bond acceptors (Lipinski definition) is 4. The molecule has 9 heteroatoms. The topological polar surface area (TPSA) is 68.0 Å². The first-order valence-electron chi connectivity index (χ1n) is 5.21. The van der Waals surface area contributed by atoms with Gasteiger partial charge in [-0.2, -0.15) is 0 Å². The number of nitrogens with one attached hydrogen (secondary N) is 1. The van der Waals surface area contributed by atoms with Crippen LogP contribution in [0.3, 0.4) is 0 Å². The van der Waals surface area contributed by atoms with E-state index in [1.54, 1.807) is 0 Å². The molecule has 1 aromatic carbocycles. The van der Waals surface area contributed by atoms with Gasteiger partial charge in [-0.3, -0.25) is 4.79 Å². The molecule has 0 aliphatic carbocycles. The Bertz CT molecular complexity index is 674. The standard InChI is InChI=1S/C11H7F4N3OS/c12-5-1-4(7(13)9(15)8(5)14)2-17-10(19)6-3-18-11(16)20-6/h1,3H,2H2,(H2,16,18)(H,17,19). The summed E-state index contributed by atoms with van der Waals surface area (Å²) in [6.45, 7) is -0.503. The first-order chi connectivity index (χ1) is 9.40. The Hall–Kier alpha value is -2.16. The van der Waals surface area contributed by atoms with Crippen molar-refractivity contribution in [2.75, 3.05) is 5.73 Å². The van der Waals surface area contributed by atoms with Crippen LogP contribution in [0.4, 0.5) is 22.7 Å². The van der Waals surface area contributed by atoms with E-state index >= 15 is 0 Å². The van der Waals surface area contributed by atoms with Gasteiger partial charge in [-0.25, -0.2) is 22.5 Å². The summed E-state index contributed by atoms with van der Waals surface area (Å²) in [5.74, 6) is -7.53. The molecule has 0 unspecified atom stereocenters. The van der Waals surface area contributed by atoms with E-state index in [9.17, 15) is 22.4 Å². The van der Waals surface area contributed by atoms with Crippen LogP contribution in [-0.2, 0) is 6.54 Å². The van der Waals surface area contributed by atoms with E-state index in [1.807, 2.05) is 0 Å². The lowest BCUT2D eigenvalue weighted by Gasteiger charge is -2.07. The van der Waals surface area contributed by atoms with Crippen molar-refractivity contribution >= 4 is 22.4 Å². The molecular formula is C11H7F4N3OS. The molecule has 106 valence electrons. The van der Waals surface area contributed by atoms with Gasteiger partial charge >= 0.3 is 0 Å². The molecular weight excluding hydrogens is 298 g/mol. The summed E-state index contributed by atoms with van der Waals surface area (Å²) < 4.78 is 52.0. The molecule has 2 rings (SSSR count). The predicted octanol–water partition coefficient (Wildman–Crippen LogP) is 2.21. The first kappa shape index (κ1) is 14.3. The fourth-order valence-corrected chi connectivity index (χ4v) is 2.01. The van der Waals surface area contributed by atoms with E-state index in [2.05, 4.69) is 10.3 Å². The molecule has 0 aliphatic heterocycles. The summed E-state index contributed by atoms with van der Waals surface area (Å²) in [7, 11) is 0. The monoisotopic (exact) mass is 305 g/mol. The van der Waals surface area contributed by atoms with Crippen LogP contribution in [0.5, 0.6) is 0 Å². The Balaban J connectivity index is 2.14. The highest BCUT2D eigenvalue weighted by Gasteiger charge is 2.19. The van der Waals surface area contributed by atoms with Crippen molar-refractivity contribution in [3.05, 3.63) is 46.0 Å². The summed E-state index contributed by atoms with van der Waals surface area (Å²) in [6.07, 6.45) is 1.21. The van der Waals surface area contributed by atoms with Gasteiger partial charge in [0.05, 0.1) is 6.20 Å². The summed E-state index contributed by atoms with van der Waals surface area (Å²) in [5.41, 5.74) is 4.82. The van der Waals surface area contributed by atoms with Gasteiger partial charge in [-0.1, -0.05) is 11.3 Å². The van der Waals surface area contributed by atoms with E-state index in [1.165, 1.54) is 6.20 Å². The third kappa shape index (κ3) is 2.72. The van der Waals surface area contributed by atoms with Crippen molar-refractivity contribution in [2.45, 2.75) is 6.54 Å². The Labute approximate surface area is 114 Å². The number of carbonyl (C=O) groups excluding carboxylic acids is 1. The molecule has 0 aliphatic rings. The van der Waals surface area contributed by atoms with E-state index in [0.717, 1.165) is 11.3 Å². The van der Waals surface area contributed by atoms with Crippen LogP contribution in [-0.4, -0.2) is 10.9 Å². The molecule has 20 heavy (non-hydrogen) atoms. The molecule has 0 saturated heterocycles. The van der Waals surface area contributed by atoms with Crippen LogP contribution in [0.1, 0.15) is 15.2 Å². The van der Waals surface area contributed by atoms with Crippen molar-refractivity contribution in [3.63, 3.8) is 0 Å². The van der Waals surface area contributed by atoms with E-state index in [0.29, 0.717) is 6.07 Å². The average molecular weight is 305 g/mol. The normalized spacial score (nSPS) is 10.6. The highest BCUT2D eigenvalue weighted by molar-refractivity contribution is 7.17. The van der Waals surface area contributed by atoms with Crippen LogP contribution in [0.25, 0.3) is 0 Å². The zero-order valence-electron chi connectivity index (χ0n) is 9.71. The minimum absolute atomic E-state index is 0.158. The Morgan fingerprint density at radius 3 is 2.55 bits per heavy atom. The van der Waals surface area contributed by atoms with Crippen LogP contribution < -0.4 is 11.1 Å². The lowest BCUT2D eigenvalue weighted by Crippen LogP contribution is -2.23. The zero-order valence-corrected chi connectivity index (χ0v) is 10.5. The fourth-order valence-electron chi connectivity index (χ4n) is 1.41. The highest BCUT2D eigenvalue weighted by Crippen LogP contribution is 2.19. The largest absolute Gasteiger partial charge is 0.375 e. The second-order valence-electron chi connectivity index (χ2n) is 3.70. The summed E-state index contributed by atoms with van der Waals surface area (Å²) in [6, 6.07) is 0.481. The predicted molar refractivity (Wildman–Crippen MR) is 64.0 cm³/mol. The number of halogens is 4. The van der Waals surface area contributed by atoms with Gasteiger partial charge in [0.1, 0.15) is 4.88 Å². The van der Waals surface area contributed by atoms with Crippen LogP contribution in [0.15, 0.2) is 12.3 Å². The van der Waals surface area contributed by atoms with Crippen molar-refractivity contribution in [1.82, 2.24) is 10.3 Å². The summed E-state index contributed by atoms with van der Waals surface area (Å²) in [5, 5.41) is 2.39. The van der Waals surface area contributed by atoms with E-state index < -0.39 is 41.3 Å². The number of benzene rings is 1. The number of hydrogen-bond donors (Lipinski definition) is 2. The Morgan fingerprint density at radius 1 is 1.25 bits per heavy atom. The number of nitrogens with zero attached hydrogens (tertiary/aromatic N) is 1. The molecule has 0 fully saturated rings. The molecule has 0 spiro atoms. The first-order valence-corrected chi connectivity index (χ1v) is 6.03. The van der Waals surface area contributed by atoms with Gasteiger partial charge < -0.3 is 11.1 Å². The van der Waals surface area contributed by atoms with Crippen molar-refractivity contribution in [1.29, 1.82) is 0 Å². The molecule has 1 amide bonds. The van der Waals surface area contributed by atoms with Gasteiger partial charge in [0.15, 0.2) is 28.4 Å². The maximum absolute atomic E-state index is 13.3. The Morgan fingerprint density at radius 2 is 1.95 bits per heavy atom. The number of anilines is 1. The van der Waals surface area contributed by atoms with Crippen LogP contribution >= 0.6 is 11.3 Å². The van der Waals surface area contributed by atoms with E-state index in [-0.39, 0.29) is 10.0 Å². The van der Waals surface area contributed by atoms with Gasteiger partial charge in [0, 0.05) is 12.1 Å². The van der Waals surface area contributed by atoms with Gasteiger partial charge in [-0.15, -0.1) is 0 Å². The number of amides is 1. The number of nitrogen functional groups attached to an aromatic ring is 1. The number of nitrogens with two attached hydrogens (primary N) is 1. The van der Waals surface area contributed by atoms with Gasteiger partial charge in [0.2, 0.25) is 0 Å². The molecule has 0 saturated carbocycles. The molecule has 0 atom stereocenters. The molecule has 1 aromatic heterocycles. The fraction of sp³-hybridized carbons (Fsp3) is 0.0909. The smallest absolute Gasteiger partial charge is 0.263 e. The highest BCUT2D eigenvalue weighted by atomic mass is 32.1. The molecule has 0 bridgehead atoms. The second kappa shape index (κ2) is 5.45. The van der Waals surface area contributed by atoms with Gasteiger partial charge in [-0.05, 0) is 6.07 Å². The van der Waals surface area contributed by atoms with Crippen molar-refractivity contribution < 1.29 is 22.4 Å². The number of aromatic nitrogens is 1.